The molecule has 0 aromatic carbocycles. The Morgan fingerprint density at radius 3 is 2.37 bits per heavy atom. The Bertz CT molecular complexity index is 669. The standard InChI is InChI=1S/C22H38ClNO5Si/c1-20(2,3)30(5,6)29-17(15-10-8-7-9-11-15)22(19(26)27-4)21(14-28-21)16(12-13-23)18(25)24-22/h15-17H,7-14H2,1-6H3,(H,24,25). The molecule has 0 aromatic rings. The number of esters is 1. The normalized spacial score (nSPS) is 33.4. The Morgan fingerprint density at radius 1 is 1.30 bits per heavy atom. The molecule has 3 rings (SSSR count). The van der Waals surface area contributed by atoms with Crippen LogP contribution in [-0.4, -0.2) is 57.0 Å². The second-order valence-electron chi connectivity index (χ2n) is 10.7. The maximum Gasteiger partial charge on any atom is 0.337 e. The van der Waals surface area contributed by atoms with Crippen molar-refractivity contribution in [2.24, 2.45) is 11.8 Å². The molecular weight excluding hydrogens is 422 g/mol. The Kier molecular flexibility index (Phi) is 6.70. The van der Waals surface area contributed by atoms with Crippen molar-refractivity contribution in [1.82, 2.24) is 5.32 Å². The number of carbonyl (C=O) groups is 2. The molecular formula is C22H38ClNO5Si. The molecule has 1 spiro atoms. The fourth-order valence-electron chi connectivity index (χ4n) is 5.14. The summed E-state index contributed by atoms with van der Waals surface area (Å²) in [5.41, 5.74) is -2.26. The number of epoxide rings is 1. The van der Waals surface area contributed by atoms with Gasteiger partial charge in [-0.15, -0.1) is 11.6 Å². The lowest BCUT2D eigenvalue weighted by Gasteiger charge is -2.49. The van der Waals surface area contributed by atoms with Gasteiger partial charge in [0, 0.05) is 5.88 Å². The molecule has 0 bridgehead atoms. The number of hydrogen-bond donors (Lipinski definition) is 1. The van der Waals surface area contributed by atoms with Crippen LogP contribution < -0.4 is 5.32 Å². The van der Waals surface area contributed by atoms with E-state index in [0.29, 0.717) is 18.9 Å². The molecule has 1 aliphatic carbocycles. The van der Waals surface area contributed by atoms with Gasteiger partial charge in [0.25, 0.3) is 0 Å². The van der Waals surface area contributed by atoms with Crippen molar-refractivity contribution in [2.45, 2.75) is 94.7 Å². The number of rotatable bonds is 7. The topological polar surface area (TPSA) is 77.2 Å². The average molecular weight is 460 g/mol. The van der Waals surface area contributed by atoms with E-state index in [9.17, 15) is 9.59 Å². The van der Waals surface area contributed by atoms with Crippen LogP contribution in [0.25, 0.3) is 0 Å². The molecule has 1 N–H and O–H groups in total. The maximum atomic E-state index is 13.5. The molecule has 4 atom stereocenters. The number of carbonyl (C=O) groups excluding carboxylic acids is 2. The summed E-state index contributed by atoms with van der Waals surface area (Å²) in [6.45, 7) is 11.3. The minimum absolute atomic E-state index is 0.0348. The molecule has 0 radical (unpaired) electrons. The molecule has 3 fully saturated rings. The van der Waals surface area contributed by atoms with E-state index in [1.165, 1.54) is 13.5 Å². The molecule has 2 heterocycles. The van der Waals surface area contributed by atoms with Crippen molar-refractivity contribution in [2.75, 3.05) is 19.6 Å². The first kappa shape index (κ1) is 24.0. The summed E-state index contributed by atoms with van der Waals surface area (Å²) in [6.07, 6.45) is 5.34. The minimum atomic E-state index is -2.26. The summed E-state index contributed by atoms with van der Waals surface area (Å²) < 4.78 is 18.3. The molecule has 2 aliphatic heterocycles. The van der Waals surface area contributed by atoms with Gasteiger partial charge in [-0.25, -0.2) is 4.79 Å². The van der Waals surface area contributed by atoms with Gasteiger partial charge in [-0.3, -0.25) is 4.79 Å². The zero-order valence-corrected chi connectivity index (χ0v) is 21.1. The summed E-state index contributed by atoms with van der Waals surface area (Å²) in [4.78, 5) is 26.6. The van der Waals surface area contributed by atoms with Crippen LogP contribution in [0.15, 0.2) is 0 Å². The van der Waals surface area contributed by atoms with Crippen LogP contribution in [0.4, 0.5) is 0 Å². The Morgan fingerprint density at radius 2 is 1.90 bits per heavy atom. The molecule has 3 aliphatic rings. The van der Waals surface area contributed by atoms with E-state index < -0.39 is 37.4 Å². The molecule has 2 saturated heterocycles. The first-order valence-electron chi connectivity index (χ1n) is 11.2. The zero-order chi connectivity index (χ0) is 22.4. The number of halogens is 1. The lowest BCUT2D eigenvalue weighted by Crippen LogP contribution is -2.70. The Balaban J connectivity index is 2.12. The molecule has 172 valence electrons. The van der Waals surface area contributed by atoms with E-state index in [1.54, 1.807) is 0 Å². The second kappa shape index (κ2) is 8.37. The molecule has 30 heavy (non-hydrogen) atoms. The van der Waals surface area contributed by atoms with Gasteiger partial charge in [-0.1, -0.05) is 40.0 Å². The van der Waals surface area contributed by atoms with Gasteiger partial charge in [0.1, 0.15) is 5.60 Å². The van der Waals surface area contributed by atoms with E-state index in [1.807, 2.05) is 0 Å². The monoisotopic (exact) mass is 459 g/mol. The van der Waals surface area contributed by atoms with E-state index in [0.717, 1.165) is 25.7 Å². The van der Waals surface area contributed by atoms with Crippen LogP contribution in [-0.2, 0) is 23.5 Å². The molecule has 0 aromatic heterocycles. The van der Waals surface area contributed by atoms with Gasteiger partial charge in [0.15, 0.2) is 13.9 Å². The van der Waals surface area contributed by atoms with Gasteiger partial charge in [-0.2, -0.15) is 0 Å². The van der Waals surface area contributed by atoms with Gasteiger partial charge in [0.2, 0.25) is 5.91 Å². The molecule has 8 heteroatoms. The van der Waals surface area contributed by atoms with Crippen LogP contribution >= 0.6 is 11.6 Å². The highest BCUT2D eigenvalue weighted by molar-refractivity contribution is 6.74. The number of methoxy groups -OCH3 is 1. The van der Waals surface area contributed by atoms with Crippen LogP contribution in [0.5, 0.6) is 0 Å². The third-order valence-electron chi connectivity index (χ3n) is 7.96. The predicted molar refractivity (Wildman–Crippen MR) is 119 cm³/mol. The van der Waals surface area contributed by atoms with Gasteiger partial charge >= 0.3 is 5.97 Å². The fourth-order valence-corrected chi connectivity index (χ4v) is 6.71. The molecule has 4 unspecified atom stereocenters. The lowest BCUT2D eigenvalue weighted by molar-refractivity contribution is -0.160. The van der Waals surface area contributed by atoms with Crippen molar-refractivity contribution >= 4 is 31.8 Å². The first-order chi connectivity index (χ1) is 14.0. The molecule has 1 amide bonds. The number of alkyl halides is 1. The largest absolute Gasteiger partial charge is 0.467 e. The zero-order valence-electron chi connectivity index (χ0n) is 19.3. The first-order valence-corrected chi connectivity index (χ1v) is 14.7. The van der Waals surface area contributed by atoms with Crippen molar-refractivity contribution in [3.63, 3.8) is 0 Å². The summed E-state index contributed by atoms with van der Waals surface area (Å²) >= 11 is 6.03. The average Bonchev–Trinajstić information content (AvgIpc) is 3.45. The highest BCUT2D eigenvalue weighted by Gasteiger charge is 2.80. The summed E-state index contributed by atoms with van der Waals surface area (Å²) in [6, 6.07) is 0. The smallest absolute Gasteiger partial charge is 0.337 e. The lowest BCUT2D eigenvalue weighted by atomic mass is 9.69. The number of ether oxygens (including phenoxy) is 2. The van der Waals surface area contributed by atoms with E-state index in [4.69, 9.17) is 25.5 Å². The van der Waals surface area contributed by atoms with Crippen LogP contribution in [0, 0.1) is 11.8 Å². The second-order valence-corrected chi connectivity index (χ2v) is 15.8. The maximum absolute atomic E-state index is 13.5. The van der Waals surface area contributed by atoms with Gasteiger partial charge in [-0.05, 0) is 43.3 Å². The highest BCUT2D eigenvalue weighted by Crippen LogP contribution is 2.56. The highest BCUT2D eigenvalue weighted by atomic mass is 35.5. The fraction of sp³-hybridized carbons (Fsp3) is 0.909. The number of nitrogens with one attached hydrogen (secondary N) is 1. The summed E-state index contributed by atoms with van der Waals surface area (Å²) in [7, 11) is -0.883. The third-order valence-corrected chi connectivity index (χ3v) is 12.6. The van der Waals surface area contributed by atoms with Gasteiger partial charge < -0.3 is 19.2 Å². The Hall–Kier alpha value is -0.633. The van der Waals surface area contributed by atoms with Crippen molar-refractivity contribution in [3.8, 4) is 0 Å². The third kappa shape index (κ3) is 3.74. The number of hydrogen-bond acceptors (Lipinski definition) is 5. The van der Waals surface area contributed by atoms with Crippen LogP contribution in [0.2, 0.25) is 18.1 Å². The van der Waals surface area contributed by atoms with Crippen molar-refractivity contribution < 1.29 is 23.5 Å². The SMILES string of the molecule is COC(=O)C1(C(O[Si](C)(C)C(C)(C)C)C2CCCCC2)NC(=O)C(CCCl)C12CO2. The number of amides is 1. The van der Waals surface area contributed by atoms with E-state index >= 15 is 0 Å². The van der Waals surface area contributed by atoms with E-state index in [-0.39, 0.29) is 16.9 Å². The quantitative estimate of drug-likeness (QED) is 0.269. The molecule has 1 saturated carbocycles. The summed E-state index contributed by atoms with van der Waals surface area (Å²) in [5.74, 6) is -0.610. The van der Waals surface area contributed by atoms with Crippen molar-refractivity contribution in [1.29, 1.82) is 0 Å². The Labute approximate surface area is 186 Å². The predicted octanol–water partition coefficient (Wildman–Crippen LogP) is 4.01. The van der Waals surface area contributed by atoms with Crippen LogP contribution in [0.3, 0.4) is 0 Å². The van der Waals surface area contributed by atoms with Crippen molar-refractivity contribution in [3.05, 3.63) is 0 Å². The van der Waals surface area contributed by atoms with Crippen LogP contribution in [0.1, 0.15) is 59.3 Å². The van der Waals surface area contributed by atoms with E-state index in [2.05, 4.69) is 39.2 Å². The molecule has 6 nitrogen and oxygen atoms in total. The minimum Gasteiger partial charge on any atom is -0.467 e. The summed E-state index contributed by atoms with van der Waals surface area (Å²) in [5, 5.41) is 3.04. The van der Waals surface area contributed by atoms with Gasteiger partial charge in [0.05, 0.1) is 25.7 Å².